The molecule has 1 saturated carbocycles. The van der Waals surface area contributed by atoms with E-state index in [-0.39, 0.29) is 5.97 Å². The van der Waals surface area contributed by atoms with E-state index in [9.17, 15) is 4.79 Å². The first-order valence-electron chi connectivity index (χ1n) is 7.69. The molecule has 2 atom stereocenters. The second-order valence-corrected chi connectivity index (χ2v) is 6.68. The minimum absolute atomic E-state index is 0.187. The second-order valence-electron chi connectivity index (χ2n) is 5.46. The summed E-state index contributed by atoms with van der Waals surface area (Å²) in [7, 11) is 0. The summed E-state index contributed by atoms with van der Waals surface area (Å²) >= 11 is 2.00. The fourth-order valence-electron chi connectivity index (χ4n) is 2.82. The van der Waals surface area contributed by atoms with Crippen LogP contribution in [0.4, 0.5) is 0 Å². The molecular weight excluding hydrogens is 258 g/mol. The van der Waals surface area contributed by atoms with Gasteiger partial charge < -0.3 is 10.5 Å². The smallest absolute Gasteiger partial charge is 0.326 e. The summed E-state index contributed by atoms with van der Waals surface area (Å²) in [4.78, 5) is 12.0. The maximum Gasteiger partial charge on any atom is 0.326 e. The first-order valence-corrected chi connectivity index (χ1v) is 8.84. The molecule has 19 heavy (non-hydrogen) atoms. The van der Waals surface area contributed by atoms with Gasteiger partial charge in [-0.1, -0.05) is 26.2 Å². The van der Waals surface area contributed by atoms with Crippen molar-refractivity contribution in [2.45, 2.75) is 64.3 Å². The monoisotopic (exact) mass is 287 g/mol. The van der Waals surface area contributed by atoms with Gasteiger partial charge in [0.05, 0.1) is 6.61 Å². The molecule has 0 aliphatic heterocycles. The number of thioether (sulfide) groups is 1. The molecule has 0 aromatic carbocycles. The number of unbranched alkanes of at least 4 members (excludes halogenated alkanes) is 2. The molecule has 112 valence electrons. The summed E-state index contributed by atoms with van der Waals surface area (Å²) in [6.07, 6.45) is 7.87. The fraction of sp³-hybridized carbons (Fsp3) is 0.933. The summed E-state index contributed by atoms with van der Waals surface area (Å²) in [6.45, 7) is 4.50. The average Bonchev–Trinajstić information content (AvgIpc) is 2.77. The summed E-state index contributed by atoms with van der Waals surface area (Å²) in [6, 6.07) is 0. The van der Waals surface area contributed by atoms with Crippen LogP contribution in [0.5, 0.6) is 0 Å². The van der Waals surface area contributed by atoms with Crippen LogP contribution >= 0.6 is 11.8 Å². The zero-order chi connectivity index (χ0) is 14.1. The molecule has 1 rings (SSSR count). The minimum Gasteiger partial charge on any atom is -0.465 e. The SMILES string of the molecule is CCCCCSCCC1CCCC1(N)C(=O)OCC. The number of rotatable bonds is 9. The largest absolute Gasteiger partial charge is 0.465 e. The van der Waals surface area contributed by atoms with Crippen molar-refractivity contribution in [3.8, 4) is 0 Å². The van der Waals surface area contributed by atoms with E-state index >= 15 is 0 Å². The zero-order valence-electron chi connectivity index (χ0n) is 12.5. The van der Waals surface area contributed by atoms with Gasteiger partial charge in [0.25, 0.3) is 0 Å². The lowest BCUT2D eigenvalue weighted by atomic mass is 9.86. The highest BCUT2D eigenvalue weighted by Crippen LogP contribution is 2.37. The van der Waals surface area contributed by atoms with Crippen molar-refractivity contribution in [3.05, 3.63) is 0 Å². The van der Waals surface area contributed by atoms with Crippen LogP contribution < -0.4 is 5.73 Å². The van der Waals surface area contributed by atoms with Gasteiger partial charge in [0.2, 0.25) is 0 Å². The Morgan fingerprint density at radius 2 is 2.16 bits per heavy atom. The average molecular weight is 287 g/mol. The van der Waals surface area contributed by atoms with Gasteiger partial charge in [-0.25, -0.2) is 0 Å². The number of carbonyl (C=O) groups is 1. The third-order valence-corrected chi connectivity index (χ3v) is 5.13. The number of hydrogen-bond acceptors (Lipinski definition) is 4. The van der Waals surface area contributed by atoms with Crippen molar-refractivity contribution in [2.75, 3.05) is 18.1 Å². The van der Waals surface area contributed by atoms with Crippen LogP contribution in [0, 0.1) is 5.92 Å². The van der Waals surface area contributed by atoms with Crippen LogP contribution in [0.3, 0.4) is 0 Å². The van der Waals surface area contributed by atoms with Gasteiger partial charge in [0.1, 0.15) is 5.54 Å². The Morgan fingerprint density at radius 1 is 1.37 bits per heavy atom. The molecule has 1 aliphatic rings. The van der Waals surface area contributed by atoms with Crippen molar-refractivity contribution in [1.82, 2.24) is 0 Å². The molecule has 1 fully saturated rings. The van der Waals surface area contributed by atoms with Crippen molar-refractivity contribution < 1.29 is 9.53 Å². The summed E-state index contributed by atoms with van der Waals surface area (Å²) in [5.74, 6) is 2.48. The third kappa shape index (κ3) is 4.99. The molecule has 3 nitrogen and oxygen atoms in total. The van der Waals surface area contributed by atoms with Crippen LogP contribution in [-0.4, -0.2) is 29.6 Å². The molecule has 0 amide bonds. The minimum atomic E-state index is -0.708. The number of hydrogen-bond donors (Lipinski definition) is 1. The van der Waals surface area contributed by atoms with E-state index in [1.165, 1.54) is 25.0 Å². The maximum absolute atomic E-state index is 12.0. The molecule has 0 heterocycles. The van der Waals surface area contributed by atoms with Crippen molar-refractivity contribution in [1.29, 1.82) is 0 Å². The van der Waals surface area contributed by atoms with Gasteiger partial charge in [0, 0.05) is 0 Å². The molecule has 4 heteroatoms. The standard InChI is InChI=1S/C15H29NO2S/c1-3-5-6-11-19-12-9-13-8-7-10-15(13,16)14(17)18-4-2/h13H,3-12,16H2,1-2H3. The number of carbonyl (C=O) groups excluding carboxylic acids is 1. The second kappa shape index (κ2) is 8.85. The van der Waals surface area contributed by atoms with Crippen LogP contribution in [0.1, 0.15) is 58.8 Å². The lowest BCUT2D eigenvalue weighted by Crippen LogP contribution is -2.52. The van der Waals surface area contributed by atoms with Gasteiger partial charge in [-0.3, -0.25) is 4.79 Å². The van der Waals surface area contributed by atoms with Crippen LogP contribution in [0.2, 0.25) is 0 Å². The summed E-state index contributed by atoms with van der Waals surface area (Å²) in [5, 5.41) is 0. The molecule has 0 aromatic rings. The van der Waals surface area contributed by atoms with Gasteiger partial charge in [-0.15, -0.1) is 0 Å². The molecule has 2 unspecified atom stereocenters. The summed E-state index contributed by atoms with van der Waals surface area (Å²) in [5.41, 5.74) is 5.60. The highest BCUT2D eigenvalue weighted by atomic mass is 32.2. The Hall–Kier alpha value is -0.220. The topological polar surface area (TPSA) is 52.3 Å². The molecule has 0 aromatic heterocycles. The van der Waals surface area contributed by atoms with Crippen LogP contribution in [0.25, 0.3) is 0 Å². The van der Waals surface area contributed by atoms with Gasteiger partial charge in [-0.2, -0.15) is 11.8 Å². The number of ether oxygens (including phenoxy) is 1. The van der Waals surface area contributed by atoms with Crippen molar-refractivity contribution in [2.24, 2.45) is 11.7 Å². The van der Waals surface area contributed by atoms with Crippen LogP contribution in [0.15, 0.2) is 0 Å². The predicted molar refractivity (Wildman–Crippen MR) is 82.4 cm³/mol. The first kappa shape index (κ1) is 16.8. The summed E-state index contributed by atoms with van der Waals surface area (Å²) < 4.78 is 5.15. The fourth-order valence-corrected chi connectivity index (χ4v) is 3.88. The quantitative estimate of drug-likeness (QED) is 0.522. The number of esters is 1. The molecule has 0 radical (unpaired) electrons. The van der Waals surface area contributed by atoms with E-state index in [0.29, 0.717) is 12.5 Å². The third-order valence-electron chi connectivity index (χ3n) is 4.03. The Labute approximate surface area is 122 Å². The normalized spacial score (nSPS) is 26.6. The zero-order valence-corrected chi connectivity index (χ0v) is 13.3. The van der Waals surface area contributed by atoms with E-state index in [4.69, 9.17) is 10.5 Å². The molecule has 2 N–H and O–H groups in total. The molecule has 0 spiro atoms. The Kier molecular flexibility index (Phi) is 7.84. The van der Waals surface area contributed by atoms with Crippen molar-refractivity contribution >= 4 is 17.7 Å². The van der Waals surface area contributed by atoms with E-state index in [0.717, 1.165) is 31.4 Å². The van der Waals surface area contributed by atoms with Crippen molar-refractivity contribution in [3.63, 3.8) is 0 Å². The van der Waals surface area contributed by atoms with Gasteiger partial charge in [0.15, 0.2) is 0 Å². The van der Waals surface area contributed by atoms with E-state index in [1.54, 1.807) is 0 Å². The lowest BCUT2D eigenvalue weighted by molar-refractivity contribution is -0.151. The maximum atomic E-state index is 12.0. The predicted octanol–water partition coefficient (Wildman–Crippen LogP) is 3.36. The number of nitrogens with two attached hydrogens (primary N) is 1. The molecular formula is C15H29NO2S. The van der Waals surface area contributed by atoms with Gasteiger partial charge in [-0.05, 0) is 50.0 Å². The highest BCUT2D eigenvalue weighted by molar-refractivity contribution is 7.99. The lowest BCUT2D eigenvalue weighted by Gasteiger charge is -2.28. The van der Waals surface area contributed by atoms with E-state index < -0.39 is 5.54 Å². The molecule has 1 aliphatic carbocycles. The Morgan fingerprint density at radius 3 is 2.84 bits per heavy atom. The van der Waals surface area contributed by atoms with E-state index in [2.05, 4.69) is 6.92 Å². The Balaban J connectivity index is 2.29. The van der Waals surface area contributed by atoms with Crippen LogP contribution in [-0.2, 0) is 9.53 Å². The van der Waals surface area contributed by atoms with E-state index in [1.807, 2.05) is 18.7 Å². The first-order chi connectivity index (χ1) is 9.15. The Bertz CT molecular complexity index is 273. The molecule has 0 saturated heterocycles. The molecule has 0 bridgehead atoms. The van der Waals surface area contributed by atoms with Gasteiger partial charge >= 0.3 is 5.97 Å². The highest BCUT2D eigenvalue weighted by Gasteiger charge is 2.46.